The van der Waals surface area contributed by atoms with Crippen LogP contribution in [0.3, 0.4) is 0 Å². The first kappa shape index (κ1) is 90.1. The first-order valence-electron chi connectivity index (χ1n) is 37.8. The number of ether oxygens (including phenoxy) is 4. The molecule has 0 amide bonds. The highest BCUT2D eigenvalue weighted by Crippen LogP contribution is 2.45. The Bertz CT molecular complexity index is 1800. The van der Waals surface area contributed by atoms with Gasteiger partial charge in [-0.05, 0) is 43.4 Å². The van der Waals surface area contributed by atoms with Crippen molar-refractivity contribution in [3.05, 3.63) is 0 Å². The molecule has 0 aliphatic heterocycles. The predicted molar refractivity (Wildman–Crippen MR) is 372 cm³/mol. The van der Waals surface area contributed by atoms with Crippen LogP contribution >= 0.6 is 15.6 Å². The van der Waals surface area contributed by atoms with E-state index < -0.39 is 97.5 Å². The molecular formula is C73H142O17P2. The van der Waals surface area contributed by atoms with E-state index in [4.69, 9.17) is 37.0 Å². The molecule has 0 aromatic carbocycles. The van der Waals surface area contributed by atoms with Gasteiger partial charge >= 0.3 is 39.5 Å². The zero-order chi connectivity index (χ0) is 68.0. The second kappa shape index (κ2) is 63.8. The Kier molecular flexibility index (Phi) is 62.4. The Morgan fingerprint density at radius 1 is 0.293 bits per heavy atom. The van der Waals surface area contributed by atoms with Gasteiger partial charge in [0.05, 0.1) is 26.4 Å². The fraction of sp³-hybridized carbons (Fsp3) is 0.945. The maximum atomic E-state index is 13.1. The van der Waals surface area contributed by atoms with Crippen molar-refractivity contribution in [2.24, 2.45) is 17.8 Å². The van der Waals surface area contributed by atoms with Crippen LogP contribution in [-0.4, -0.2) is 96.7 Å². The minimum atomic E-state index is -4.95. The molecule has 0 bridgehead atoms. The Morgan fingerprint density at radius 3 is 0.739 bits per heavy atom. The topological polar surface area (TPSA) is 237 Å². The van der Waals surface area contributed by atoms with Gasteiger partial charge in [0.25, 0.3) is 0 Å². The fourth-order valence-corrected chi connectivity index (χ4v) is 12.7. The Hall–Kier alpha value is -1.94. The van der Waals surface area contributed by atoms with E-state index in [1.165, 1.54) is 167 Å². The number of carbonyl (C=O) groups is 4. The van der Waals surface area contributed by atoms with Crippen LogP contribution in [0.25, 0.3) is 0 Å². The van der Waals surface area contributed by atoms with E-state index in [1.807, 2.05) is 0 Å². The van der Waals surface area contributed by atoms with Crippen LogP contribution in [0.4, 0.5) is 0 Å². The van der Waals surface area contributed by atoms with Crippen LogP contribution in [0.5, 0.6) is 0 Å². The summed E-state index contributed by atoms with van der Waals surface area (Å²) in [5.74, 6) is 0.185. The summed E-state index contributed by atoms with van der Waals surface area (Å²) < 4.78 is 68.3. The second-order valence-electron chi connectivity index (χ2n) is 27.8. The van der Waals surface area contributed by atoms with Crippen molar-refractivity contribution >= 4 is 39.5 Å². The largest absolute Gasteiger partial charge is 0.472 e. The molecule has 0 saturated heterocycles. The predicted octanol–water partition coefficient (Wildman–Crippen LogP) is 21.0. The van der Waals surface area contributed by atoms with Crippen LogP contribution in [-0.2, 0) is 65.4 Å². The lowest BCUT2D eigenvalue weighted by atomic mass is 10.0. The lowest BCUT2D eigenvalue weighted by Gasteiger charge is -2.21. The highest BCUT2D eigenvalue weighted by molar-refractivity contribution is 7.47. The van der Waals surface area contributed by atoms with Crippen molar-refractivity contribution in [3.8, 4) is 0 Å². The number of unbranched alkanes of at least 4 members (excludes halogenated alkanes) is 39. The van der Waals surface area contributed by atoms with E-state index in [0.29, 0.717) is 25.7 Å². The van der Waals surface area contributed by atoms with E-state index in [0.717, 1.165) is 120 Å². The summed E-state index contributed by atoms with van der Waals surface area (Å²) in [5.41, 5.74) is 0. The molecule has 0 fully saturated rings. The number of esters is 4. The summed E-state index contributed by atoms with van der Waals surface area (Å²) in [6, 6.07) is 0. The highest BCUT2D eigenvalue weighted by atomic mass is 31.2. The molecule has 5 atom stereocenters. The smallest absolute Gasteiger partial charge is 0.462 e. The van der Waals surface area contributed by atoms with Crippen molar-refractivity contribution in [3.63, 3.8) is 0 Å². The normalized spacial score (nSPS) is 14.1. The van der Waals surface area contributed by atoms with Gasteiger partial charge in [0.15, 0.2) is 12.2 Å². The van der Waals surface area contributed by atoms with Gasteiger partial charge in [-0.3, -0.25) is 37.3 Å². The molecule has 0 aromatic heterocycles. The first-order chi connectivity index (χ1) is 44.2. The van der Waals surface area contributed by atoms with Crippen molar-refractivity contribution in [2.75, 3.05) is 39.6 Å². The quantitative estimate of drug-likeness (QED) is 0.0222. The van der Waals surface area contributed by atoms with Gasteiger partial charge in [-0.2, -0.15) is 0 Å². The molecule has 0 spiro atoms. The van der Waals surface area contributed by atoms with Crippen LogP contribution in [0, 0.1) is 17.8 Å². The Morgan fingerprint density at radius 2 is 0.500 bits per heavy atom. The van der Waals surface area contributed by atoms with Gasteiger partial charge < -0.3 is 33.8 Å². The molecule has 0 radical (unpaired) electrons. The van der Waals surface area contributed by atoms with Gasteiger partial charge in [-0.25, -0.2) is 9.13 Å². The van der Waals surface area contributed by atoms with E-state index in [2.05, 4.69) is 48.5 Å². The third-order valence-electron chi connectivity index (χ3n) is 16.9. The Balaban J connectivity index is 5.20. The average molecular weight is 1350 g/mol. The number of phosphoric acid groups is 2. The lowest BCUT2D eigenvalue weighted by Crippen LogP contribution is -2.30. The van der Waals surface area contributed by atoms with E-state index in [9.17, 15) is 43.2 Å². The van der Waals surface area contributed by atoms with E-state index >= 15 is 0 Å². The number of hydrogen-bond donors (Lipinski definition) is 3. The molecule has 92 heavy (non-hydrogen) atoms. The summed E-state index contributed by atoms with van der Waals surface area (Å²) in [6.07, 6.45) is 48.8. The average Bonchev–Trinajstić information content (AvgIpc) is 1.55. The van der Waals surface area contributed by atoms with Gasteiger partial charge in [-0.15, -0.1) is 0 Å². The van der Waals surface area contributed by atoms with E-state index in [1.54, 1.807) is 0 Å². The summed E-state index contributed by atoms with van der Waals surface area (Å²) in [7, 11) is -9.90. The first-order valence-corrected chi connectivity index (χ1v) is 40.8. The number of aliphatic hydroxyl groups excluding tert-OH is 1. The van der Waals surface area contributed by atoms with Gasteiger partial charge in [0.1, 0.15) is 19.3 Å². The minimum Gasteiger partial charge on any atom is -0.462 e. The molecule has 3 N–H and O–H groups in total. The number of phosphoric ester groups is 2. The number of aliphatic hydroxyl groups is 1. The SMILES string of the molecule is CCCCCCCCCC(=O)OC[C@H](COP(=O)(O)OC[C@H](O)COP(=O)(O)OC[C@@H](COC(=O)CCCCCCCCCCCCCCCC(C)C)OC(=O)CCCCCCCCCCCCCCCCCC(C)C)OC(=O)CCCCCCCCCCC(C)C. The Labute approximate surface area is 562 Å². The molecule has 19 heteroatoms. The van der Waals surface area contributed by atoms with Crippen molar-refractivity contribution in [1.29, 1.82) is 0 Å². The molecule has 0 rings (SSSR count). The van der Waals surface area contributed by atoms with Gasteiger partial charge in [0.2, 0.25) is 0 Å². The minimum absolute atomic E-state index is 0.104. The van der Waals surface area contributed by atoms with Crippen molar-refractivity contribution in [2.45, 2.75) is 388 Å². The maximum absolute atomic E-state index is 13.1. The van der Waals surface area contributed by atoms with E-state index in [-0.39, 0.29) is 25.7 Å². The molecule has 546 valence electrons. The van der Waals surface area contributed by atoms with Crippen molar-refractivity contribution in [1.82, 2.24) is 0 Å². The van der Waals surface area contributed by atoms with Crippen LogP contribution in [0.15, 0.2) is 0 Å². The summed E-state index contributed by atoms with van der Waals surface area (Å²) in [5, 5.41) is 10.6. The number of hydrogen-bond acceptors (Lipinski definition) is 15. The van der Waals surface area contributed by atoms with Crippen LogP contribution < -0.4 is 0 Å². The molecule has 0 aromatic rings. The molecule has 0 aliphatic carbocycles. The zero-order valence-electron chi connectivity index (χ0n) is 60.0. The maximum Gasteiger partial charge on any atom is 0.472 e. The monoisotopic (exact) mass is 1350 g/mol. The van der Waals surface area contributed by atoms with Crippen molar-refractivity contribution < 1.29 is 80.2 Å². The standard InChI is InChI=1S/C73H142O17P2/c1-8-9-10-11-30-40-47-54-70(75)83-60-68(90-73(78)57-50-43-36-29-28-33-39-46-53-66(6)7)62-87-91(79,80)85-58-67(74)59-86-92(81,82)88-63-69(61-84-71(76)55-48-41-34-26-22-19-15-17-21-25-32-38-45-52-65(4)5)89-72(77)56-49-42-35-27-23-18-14-12-13-16-20-24-31-37-44-51-64(2)3/h64-69,74H,8-63H2,1-7H3,(H,79,80)(H,81,82)/t67-,68+,69+/m0/s1. The summed E-state index contributed by atoms with van der Waals surface area (Å²) >= 11 is 0. The molecule has 17 nitrogen and oxygen atoms in total. The number of carbonyl (C=O) groups excluding carboxylic acids is 4. The second-order valence-corrected chi connectivity index (χ2v) is 30.7. The third kappa shape index (κ3) is 66.7. The molecule has 0 saturated carbocycles. The highest BCUT2D eigenvalue weighted by Gasteiger charge is 2.30. The molecular weight excluding hydrogens is 1210 g/mol. The molecule has 0 heterocycles. The van der Waals surface area contributed by atoms with Gasteiger partial charge in [0, 0.05) is 25.7 Å². The van der Waals surface area contributed by atoms with Crippen LogP contribution in [0.1, 0.15) is 370 Å². The zero-order valence-corrected chi connectivity index (χ0v) is 61.8. The van der Waals surface area contributed by atoms with Crippen LogP contribution in [0.2, 0.25) is 0 Å². The fourth-order valence-electron chi connectivity index (χ4n) is 11.1. The lowest BCUT2D eigenvalue weighted by molar-refractivity contribution is -0.161. The summed E-state index contributed by atoms with van der Waals surface area (Å²) in [4.78, 5) is 72.5. The number of rotatable bonds is 71. The molecule has 2 unspecified atom stereocenters. The molecule has 0 aliphatic rings. The third-order valence-corrected chi connectivity index (χ3v) is 18.8. The van der Waals surface area contributed by atoms with Gasteiger partial charge in [-0.1, -0.05) is 318 Å². The summed E-state index contributed by atoms with van der Waals surface area (Å²) in [6.45, 7) is 11.8.